The fourth-order valence-corrected chi connectivity index (χ4v) is 3.63. The first-order valence-corrected chi connectivity index (χ1v) is 7.62. The van der Waals surface area contributed by atoms with Gasteiger partial charge in [0, 0.05) is 20.1 Å². The summed E-state index contributed by atoms with van der Waals surface area (Å²) in [6.45, 7) is 0.489. The van der Waals surface area contributed by atoms with E-state index in [1.54, 1.807) is 0 Å². The van der Waals surface area contributed by atoms with Crippen molar-refractivity contribution < 1.29 is 26.7 Å². The van der Waals surface area contributed by atoms with E-state index in [-0.39, 0.29) is 13.1 Å². The van der Waals surface area contributed by atoms with E-state index in [1.165, 1.54) is 7.05 Å². The Hall–Kier alpha value is -1.16. The molecule has 9 heteroatoms. The third-order valence-corrected chi connectivity index (χ3v) is 5.34. The van der Waals surface area contributed by atoms with Gasteiger partial charge in [-0.1, -0.05) is 6.07 Å². The molecule has 0 amide bonds. The molecule has 0 aliphatic carbocycles. The Kier molecular flexibility index (Phi) is 4.29. The fourth-order valence-electron chi connectivity index (χ4n) is 2.20. The summed E-state index contributed by atoms with van der Waals surface area (Å²) in [7, 11) is -2.86. The number of aliphatic hydroxyl groups is 1. The van der Waals surface area contributed by atoms with Crippen molar-refractivity contribution in [2.75, 3.05) is 20.1 Å². The van der Waals surface area contributed by atoms with Crippen LogP contribution in [-0.2, 0) is 16.2 Å². The summed E-state index contributed by atoms with van der Waals surface area (Å²) in [5.74, 6) is 0. The molecular formula is C12H15F3N2O3S. The summed E-state index contributed by atoms with van der Waals surface area (Å²) in [5.41, 5.74) is -1.03. The lowest BCUT2D eigenvalue weighted by Crippen LogP contribution is -2.44. The Balaban J connectivity index is 2.35. The van der Waals surface area contributed by atoms with E-state index in [9.17, 15) is 26.7 Å². The van der Waals surface area contributed by atoms with Crippen molar-refractivity contribution in [3.8, 4) is 0 Å². The predicted octanol–water partition coefficient (Wildman–Crippen LogP) is 0.659. The summed E-state index contributed by atoms with van der Waals surface area (Å²) in [6, 6.07) is 2.86. The molecule has 1 aliphatic heterocycles. The smallest absolute Gasteiger partial charge is 0.390 e. The number of nitrogens with one attached hydrogen (secondary N) is 1. The van der Waals surface area contributed by atoms with Gasteiger partial charge in [0.15, 0.2) is 0 Å². The average Bonchev–Trinajstić information content (AvgIpc) is 2.83. The highest BCUT2D eigenvalue weighted by Gasteiger charge is 2.37. The quantitative estimate of drug-likeness (QED) is 0.857. The minimum Gasteiger partial charge on any atom is -0.390 e. The maximum atomic E-state index is 12.7. The molecule has 0 bridgehead atoms. The van der Waals surface area contributed by atoms with Gasteiger partial charge >= 0.3 is 6.18 Å². The van der Waals surface area contributed by atoms with Crippen LogP contribution in [0.25, 0.3) is 0 Å². The summed E-state index contributed by atoms with van der Waals surface area (Å²) < 4.78 is 63.6. The molecule has 1 aliphatic rings. The predicted molar refractivity (Wildman–Crippen MR) is 69.1 cm³/mol. The first-order chi connectivity index (χ1) is 9.64. The topological polar surface area (TPSA) is 69.6 Å². The molecule has 1 saturated heterocycles. The number of nitrogens with zero attached hydrogens (tertiary/aromatic N) is 1. The van der Waals surface area contributed by atoms with Gasteiger partial charge in [0.25, 0.3) is 0 Å². The number of aliphatic hydroxyl groups excluding tert-OH is 1. The van der Waals surface area contributed by atoms with Crippen molar-refractivity contribution in [3.05, 3.63) is 29.8 Å². The molecule has 118 valence electrons. The molecule has 21 heavy (non-hydrogen) atoms. The maximum Gasteiger partial charge on any atom is 0.416 e. The molecule has 0 radical (unpaired) electrons. The van der Waals surface area contributed by atoms with Gasteiger partial charge in [-0.05, 0) is 18.2 Å². The number of β-amino-alcohol motifs (C(OH)–C–C–N with tert-alkyl or cyclic N) is 1. The monoisotopic (exact) mass is 324 g/mol. The van der Waals surface area contributed by atoms with Crippen LogP contribution in [-0.4, -0.2) is 50.1 Å². The third kappa shape index (κ3) is 3.20. The summed E-state index contributed by atoms with van der Waals surface area (Å²) >= 11 is 0. The Bertz CT molecular complexity index is 618. The van der Waals surface area contributed by atoms with Gasteiger partial charge in [0.1, 0.15) is 0 Å². The number of benzene rings is 1. The molecule has 1 aromatic carbocycles. The molecule has 0 unspecified atom stereocenters. The van der Waals surface area contributed by atoms with Gasteiger partial charge in [-0.25, -0.2) is 8.42 Å². The van der Waals surface area contributed by atoms with Gasteiger partial charge in [-0.15, -0.1) is 0 Å². The van der Waals surface area contributed by atoms with Gasteiger partial charge < -0.3 is 10.4 Å². The van der Waals surface area contributed by atoms with Crippen molar-refractivity contribution in [1.29, 1.82) is 0 Å². The van der Waals surface area contributed by atoms with Crippen LogP contribution < -0.4 is 5.32 Å². The summed E-state index contributed by atoms with van der Waals surface area (Å²) in [5, 5.41) is 12.5. The Morgan fingerprint density at radius 2 is 2.00 bits per heavy atom. The molecule has 5 nitrogen and oxygen atoms in total. The van der Waals surface area contributed by atoms with Crippen LogP contribution in [0.2, 0.25) is 0 Å². The first-order valence-electron chi connectivity index (χ1n) is 6.18. The van der Waals surface area contributed by atoms with Crippen molar-refractivity contribution in [1.82, 2.24) is 9.62 Å². The van der Waals surface area contributed by atoms with Crippen LogP contribution in [0.3, 0.4) is 0 Å². The highest BCUT2D eigenvalue weighted by atomic mass is 32.2. The van der Waals surface area contributed by atoms with E-state index in [1.807, 2.05) is 0 Å². The molecular weight excluding hydrogens is 309 g/mol. The van der Waals surface area contributed by atoms with Gasteiger partial charge in [-0.2, -0.15) is 17.5 Å². The van der Waals surface area contributed by atoms with Crippen LogP contribution in [0, 0.1) is 0 Å². The Morgan fingerprint density at radius 1 is 1.33 bits per heavy atom. The van der Waals surface area contributed by atoms with Crippen molar-refractivity contribution in [2.45, 2.75) is 23.2 Å². The molecule has 0 saturated carbocycles. The molecule has 1 aromatic rings. The third-order valence-electron chi connectivity index (χ3n) is 3.46. The zero-order valence-electron chi connectivity index (χ0n) is 11.1. The lowest BCUT2D eigenvalue weighted by atomic mass is 10.2. The lowest BCUT2D eigenvalue weighted by Gasteiger charge is -2.25. The second-order valence-corrected chi connectivity index (χ2v) is 6.84. The standard InChI is InChI=1S/C12H15F3N2O3S/c1-17(10-6-16-7-11(10)18)21(19,20)9-4-2-3-8(5-9)12(13,14)15/h2-5,10-11,16,18H,6-7H2,1H3/t10-,11-/m0/s1. The second-order valence-electron chi connectivity index (χ2n) is 4.84. The number of alkyl halides is 3. The van der Waals surface area contributed by atoms with Crippen LogP contribution >= 0.6 is 0 Å². The van der Waals surface area contributed by atoms with Crippen LogP contribution in [0.15, 0.2) is 29.2 Å². The lowest BCUT2D eigenvalue weighted by molar-refractivity contribution is -0.137. The van der Waals surface area contributed by atoms with Crippen LogP contribution in [0.4, 0.5) is 13.2 Å². The molecule has 0 spiro atoms. The molecule has 1 fully saturated rings. The Labute approximate surface area is 120 Å². The number of likely N-dealkylation sites (N-methyl/N-ethyl adjacent to an activating group) is 1. The summed E-state index contributed by atoms with van der Waals surface area (Å²) in [4.78, 5) is -0.445. The first kappa shape index (κ1) is 16.2. The molecule has 2 rings (SSSR count). The van der Waals surface area contributed by atoms with Crippen LogP contribution in [0.5, 0.6) is 0 Å². The van der Waals surface area contributed by atoms with E-state index in [0.717, 1.165) is 22.5 Å². The molecule has 2 atom stereocenters. The van der Waals surface area contributed by atoms with Gasteiger partial charge in [-0.3, -0.25) is 0 Å². The van der Waals surface area contributed by atoms with Crippen molar-refractivity contribution >= 4 is 10.0 Å². The minimum atomic E-state index is -4.61. The fraction of sp³-hybridized carbons (Fsp3) is 0.500. The van der Waals surface area contributed by atoms with E-state index in [4.69, 9.17) is 0 Å². The zero-order valence-corrected chi connectivity index (χ0v) is 11.9. The van der Waals surface area contributed by atoms with E-state index >= 15 is 0 Å². The normalized spacial score (nSPS) is 23.7. The van der Waals surface area contributed by atoms with E-state index < -0.39 is 38.8 Å². The zero-order chi connectivity index (χ0) is 15.8. The number of rotatable bonds is 3. The van der Waals surface area contributed by atoms with Crippen LogP contribution in [0.1, 0.15) is 5.56 Å². The second kappa shape index (κ2) is 5.56. The molecule has 2 N–H and O–H groups in total. The summed E-state index contributed by atoms with van der Waals surface area (Å²) in [6.07, 6.45) is -5.51. The molecule has 0 aromatic heterocycles. The Morgan fingerprint density at radius 3 is 2.52 bits per heavy atom. The van der Waals surface area contributed by atoms with Gasteiger partial charge in [0.05, 0.1) is 22.6 Å². The van der Waals surface area contributed by atoms with E-state index in [2.05, 4.69) is 5.32 Å². The van der Waals surface area contributed by atoms with Gasteiger partial charge in [0.2, 0.25) is 10.0 Å². The number of hydrogen-bond acceptors (Lipinski definition) is 4. The average molecular weight is 324 g/mol. The highest BCUT2D eigenvalue weighted by Crippen LogP contribution is 2.31. The minimum absolute atomic E-state index is 0.243. The molecule has 1 heterocycles. The number of halogens is 3. The SMILES string of the molecule is CN([C@H]1CNC[C@@H]1O)S(=O)(=O)c1cccc(C(F)(F)F)c1. The highest BCUT2D eigenvalue weighted by molar-refractivity contribution is 7.89. The van der Waals surface area contributed by atoms with Crippen molar-refractivity contribution in [3.63, 3.8) is 0 Å². The number of sulfonamides is 1. The van der Waals surface area contributed by atoms with Crippen molar-refractivity contribution in [2.24, 2.45) is 0 Å². The maximum absolute atomic E-state index is 12.7. The van der Waals surface area contributed by atoms with E-state index in [0.29, 0.717) is 6.07 Å². The number of hydrogen-bond donors (Lipinski definition) is 2. The largest absolute Gasteiger partial charge is 0.416 e.